The number of hydrogen-bond acceptors (Lipinski definition) is 6. The van der Waals surface area contributed by atoms with Gasteiger partial charge in [-0.3, -0.25) is 0 Å². The first-order valence-electron chi connectivity index (χ1n) is 7.73. The van der Waals surface area contributed by atoms with Gasteiger partial charge in [0, 0.05) is 17.4 Å². The average molecular weight is 356 g/mol. The highest BCUT2D eigenvalue weighted by Crippen LogP contribution is 2.31. The molecule has 0 fully saturated rings. The molecule has 3 rings (SSSR count). The lowest BCUT2D eigenvalue weighted by atomic mass is 10.1. The standard InChI is InChI=1S/C19H20N2O3S/c1-22-16-7-5-13(10-14(16)20)15-11-25-19(21-15)9-12-4-6-17(23-2)18(8-12)24-3/h4-8,10-11H,9,20H2,1-3H3. The number of nitrogen functional groups attached to an aromatic ring is 1. The van der Waals surface area contributed by atoms with Gasteiger partial charge in [-0.2, -0.15) is 0 Å². The van der Waals surface area contributed by atoms with Crippen molar-refractivity contribution in [3.8, 4) is 28.5 Å². The summed E-state index contributed by atoms with van der Waals surface area (Å²) in [4.78, 5) is 4.72. The summed E-state index contributed by atoms with van der Waals surface area (Å²) in [5, 5.41) is 3.06. The highest BCUT2D eigenvalue weighted by atomic mass is 32.1. The number of thiazole rings is 1. The number of aromatic nitrogens is 1. The van der Waals surface area contributed by atoms with Crippen molar-refractivity contribution in [2.24, 2.45) is 0 Å². The highest BCUT2D eigenvalue weighted by Gasteiger charge is 2.10. The molecule has 0 atom stereocenters. The zero-order chi connectivity index (χ0) is 17.8. The molecule has 1 aromatic heterocycles. The predicted octanol–water partition coefficient (Wildman–Crippen LogP) is 4.01. The smallest absolute Gasteiger partial charge is 0.160 e. The molecule has 6 heteroatoms. The fourth-order valence-electron chi connectivity index (χ4n) is 2.58. The topological polar surface area (TPSA) is 66.6 Å². The second-order valence-electron chi connectivity index (χ2n) is 5.45. The summed E-state index contributed by atoms with van der Waals surface area (Å²) in [6.45, 7) is 0. The molecule has 2 N–H and O–H groups in total. The summed E-state index contributed by atoms with van der Waals surface area (Å²) in [6, 6.07) is 11.6. The van der Waals surface area contributed by atoms with Gasteiger partial charge in [-0.25, -0.2) is 4.98 Å². The van der Waals surface area contributed by atoms with Crippen LogP contribution in [-0.4, -0.2) is 26.3 Å². The van der Waals surface area contributed by atoms with E-state index < -0.39 is 0 Å². The van der Waals surface area contributed by atoms with E-state index in [9.17, 15) is 0 Å². The minimum Gasteiger partial charge on any atom is -0.495 e. The molecule has 0 bridgehead atoms. The van der Waals surface area contributed by atoms with Crippen LogP contribution in [0.4, 0.5) is 5.69 Å². The summed E-state index contributed by atoms with van der Waals surface area (Å²) in [6.07, 6.45) is 0.733. The third-order valence-corrected chi connectivity index (χ3v) is 4.73. The zero-order valence-electron chi connectivity index (χ0n) is 14.4. The normalized spacial score (nSPS) is 10.5. The summed E-state index contributed by atoms with van der Waals surface area (Å²) < 4.78 is 15.8. The van der Waals surface area contributed by atoms with Crippen LogP contribution in [0.3, 0.4) is 0 Å². The molecule has 0 aliphatic rings. The first kappa shape index (κ1) is 17.1. The van der Waals surface area contributed by atoms with Crippen LogP contribution in [0.5, 0.6) is 17.2 Å². The Morgan fingerprint density at radius 3 is 2.32 bits per heavy atom. The second kappa shape index (κ2) is 7.44. The van der Waals surface area contributed by atoms with Crippen molar-refractivity contribution in [2.45, 2.75) is 6.42 Å². The number of anilines is 1. The molecule has 0 saturated heterocycles. The lowest BCUT2D eigenvalue weighted by Gasteiger charge is -2.08. The summed E-state index contributed by atoms with van der Waals surface area (Å²) in [5.74, 6) is 2.11. The van der Waals surface area contributed by atoms with E-state index in [1.165, 1.54) is 0 Å². The highest BCUT2D eigenvalue weighted by molar-refractivity contribution is 7.10. The Morgan fingerprint density at radius 1 is 0.920 bits per heavy atom. The molecule has 1 heterocycles. The molecule has 0 amide bonds. The van der Waals surface area contributed by atoms with Crippen molar-refractivity contribution >= 4 is 17.0 Å². The maximum atomic E-state index is 5.98. The first-order chi connectivity index (χ1) is 12.1. The average Bonchev–Trinajstić information content (AvgIpc) is 3.10. The molecular weight excluding hydrogens is 336 g/mol. The van der Waals surface area contributed by atoms with E-state index in [1.807, 2.05) is 41.8 Å². The fraction of sp³-hybridized carbons (Fsp3) is 0.211. The first-order valence-corrected chi connectivity index (χ1v) is 8.61. The van der Waals surface area contributed by atoms with E-state index in [2.05, 4.69) is 0 Å². The van der Waals surface area contributed by atoms with E-state index in [1.54, 1.807) is 32.7 Å². The molecule has 130 valence electrons. The second-order valence-corrected chi connectivity index (χ2v) is 6.39. The van der Waals surface area contributed by atoms with Crippen molar-refractivity contribution in [3.63, 3.8) is 0 Å². The maximum absolute atomic E-state index is 5.98. The monoisotopic (exact) mass is 356 g/mol. The van der Waals surface area contributed by atoms with E-state index in [4.69, 9.17) is 24.9 Å². The van der Waals surface area contributed by atoms with Gasteiger partial charge in [-0.1, -0.05) is 6.07 Å². The Kier molecular flexibility index (Phi) is 5.09. The van der Waals surface area contributed by atoms with Crippen molar-refractivity contribution in [1.82, 2.24) is 4.98 Å². The van der Waals surface area contributed by atoms with Gasteiger partial charge < -0.3 is 19.9 Å². The van der Waals surface area contributed by atoms with Crippen LogP contribution < -0.4 is 19.9 Å². The minimum atomic E-state index is 0.606. The molecule has 25 heavy (non-hydrogen) atoms. The lowest BCUT2D eigenvalue weighted by molar-refractivity contribution is 0.354. The van der Waals surface area contributed by atoms with Gasteiger partial charge in [-0.05, 0) is 35.9 Å². The molecule has 5 nitrogen and oxygen atoms in total. The number of nitrogens with two attached hydrogens (primary N) is 1. The van der Waals surface area contributed by atoms with Crippen LogP contribution >= 0.6 is 11.3 Å². The summed E-state index contributed by atoms with van der Waals surface area (Å²) in [5.41, 5.74) is 9.60. The van der Waals surface area contributed by atoms with E-state index in [0.717, 1.165) is 39.7 Å². The van der Waals surface area contributed by atoms with Gasteiger partial charge in [0.15, 0.2) is 11.5 Å². The molecule has 0 saturated carbocycles. The van der Waals surface area contributed by atoms with Crippen LogP contribution in [0.1, 0.15) is 10.6 Å². The fourth-order valence-corrected chi connectivity index (χ4v) is 3.42. The largest absolute Gasteiger partial charge is 0.495 e. The summed E-state index contributed by atoms with van der Waals surface area (Å²) in [7, 11) is 4.87. The Morgan fingerprint density at radius 2 is 1.64 bits per heavy atom. The Bertz CT molecular complexity index is 877. The zero-order valence-corrected chi connectivity index (χ0v) is 15.2. The molecule has 0 aliphatic carbocycles. The van der Waals surface area contributed by atoms with Crippen molar-refractivity contribution in [1.29, 1.82) is 0 Å². The van der Waals surface area contributed by atoms with Crippen molar-refractivity contribution in [3.05, 3.63) is 52.3 Å². The number of nitrogens with zero attached hydrogens (tertiary/aromatic N) is 1. The Labute approximate surface area is 151 Å². The summed E-state index contributed by atoms with van der Waals surface area (Å²) >= 11 is 1.62. The van der Waals surface area contributed by atoms with E-state index in [0.29, 0.717) is 11.4 Å². The van der Waals surface area contributed by atoms with E-state index >= 15 is 0 Å². The lowest BCUT2D eigenvalue weighted by Crippen LogP contribution is -1.94. The number of methoxy groups -OCH3 is 3. The van der Waals surface area contributed by atoms with Crippen LogP contribution in [0, 0.1) is 0 Å². The molecule has 0 unspecified atom stereocenters. The van der Waals surface area contributed by atoms with Gasteiger partial charge in [0.2, 0.25) is 0 Å². The van der Waals surface area contributed by atoms with Gasteiger partial charge in [0.1, 0.15) is 5.75 Å². The third-order valence-electron chi connectivity index (χ3n) is 3.88. The number of hydrogen-bond donors (Lipinski definition) is 1. The Balaban J connectivity index is 1.81. The van der Waals surface area contributed by atoms with E-state index in [-0.39, 0.29) is 0 Å². The van der Waals surface area contributed by atoms with Gasteiger partial charge in [0.05, 0.1) is 37.7 Å². The van der Waals surface area contributed by atoms with Crippen LogP contribution in [0.15, 0.2) is 41.8 Å². The predicted molar refractivity (Wildman–Crippen MR) is 101 cm³/mol. The van der Waals surface area contributed by atoms with Crippen LogP contribution in [0.25, 0.3) is 11.3 Å². The molecule has 2 aromatic carbocycles. The maximum Gasteiger partial charge on any atom is 0.160 e. The van der Waals surface area contributed by atoms with Gasteiger partial charge >= 0.3 is 0 Å². The van der Waals surface area contributed by atoms with Crippen LogP contribution in [-0.2, 0) is 6.42 Å². The molecular formula is C19H20N2O3S. The molecule has 3 aromatic rings. The van der Waals surface area contributed by atoms with Crippen LogP contribution in [0.2, 0.25) is 0 Å². The van der Waals surface area contributed by atoms with Crippen molar-refractivity contribution < 1.29 is 14.2 Å². The molecule has 0 aliphatic heterocycles. The third kappa shape index (κ3) is 3.69. The SMILES string of the molecule is COc1ccc(-c2csc(Cc3ccc(OC)c(OC)c3)n2)cc1N. The molecule has 0 radical (unpaired) electrons. The van der Waals surface area contributed by atoms with Gasteiger partial charge in [0.25, 0.3) is 0 Å². The van der Waals surface area contributed by atoms with Crippen molar-refractivity contribution in [2.75, 3.05) is 27.1 Å². The van der Waals surface area contributed by atoms with Gasteiger partial charge in [-0.15, -0.1) is 11.3 Å². The quantitative estimate of drug-likeness (QED) is 0.676. The number of ether oxygens (including phenoxy) is 3. The molecule has 0 spiro atoms. The number of benzene rings is 2. The number of rotatable bonds is 6. The minimum absolute atomic E-state index is 0.606. The Hall–Kier alpha value is -2.73.